The minimum absolute atomic E-state index is 0.0322. The van der Waals surface area contributed by atoms with Crippen LogP contribution in [0.1, 0.15) is 24.8 Å². The molecule has 0 saturated heterocycles. The predicted octanol–water partition coefficient (Wildman–Crippen LogP) is 5.36. The molecular weight excluding hydrogens is 483 g/mol. The summed E-state index contributed by atoms with van der Waals surface area (Å²) in [6.45, 7) is 1.35. The molecule has 0 aliphatic carbocycles. The molecule has 2 N–H and O–H groups in total. The van der Waals surface area contributed by atoms with Crippen molar-refractivity contribution < 1.29 is 19.1 Å². The smallest absolute Gasteiger partial charge is 0.306 e. The molecule has 2 amide bonds. The van der Waals surface area contributed by atoms with Crippen LogP contribution in [0.25, 0.3) is 0 Å². The van der Waals surface area contributed by atoms with Gasteiger partial charge in [0.2, 0.25) is 5.91 Å². The summed E-state index contributed by atoms with van der Waals surface area (Å²) in [4.78, 5) is 35.6. The fraction of sp³-hybridized carbons (Fsp3) is 0.250. The van der Waals surface area contributed by atoms with Crippen molar-refractivity contribution >= 4 is 68.3 Å². The van der Waals surface area contributed by atoms with Gasteiger partial charge in [-0.25, -0.2) is 0 Å². The van der Waals surface area contributed by atoms with Crippen molar-refractivity contribution in [1.29, 1.82) is 0 Å². The SMILES string of the molecule is Cc1c(NC(=O)COC(=O)CCCC(=O)Nc2ccc(Cl)cc2)ccc(Br)c1Cl. The molecule has 154 valence electrons. The molecule has 2 aromatic rings. The summed E-state index contributed by atoms with van der Waals surface area (Å²) in [7, 11) is 0. The summed E-state index contributed by atoms with van der Waals surface area (Å²) in [5.41, 5.74) is 1.87. The third kappa shape index (κ3) is 7.68. The molecule has 2 aromatic carbocycles. The van der Waals surface area contributed by atoms with Crippen LogP contribution < -0.4 is 10.6 Å². The van der Waals surface area contributed by atoms with Crippen molar-refractivity contribution in [3.05, 3.63) is 56.5 Å². The largest absolute Gasteiger partial charge is 0.456 e. The first-order valence-electron chi connectivity index (χ1n) is 8.71. The molecule has 0 aromatic heterocycles. The summed E-state index contributed by atoms with van der Waals surface area (Å²) < 4.78 is 5.67. The number of nitrogens with one attached hydrogen (secondary N) is 2. The summed E-state index contributed by atoms with van der Waals surface area (Å²) in [6.07, 6.45) is 0.492. The lowest BCUT2D eigenvalue weighted by Crippen LogP contribution is -2.21. The van der Waals surface area contributed by atoms with Gasteiger partial charge in [0.25, 0.3) is 5.91 Å². The van der Waals surface area contributed by atoms with Crippen LogP contribution in [0, 0.1) is 6.92 Å². The number of hydrogen-bond donors (Lipinski definition) is 2. The first kappa shape index (κ1) is 23.2. The molecule has 6 nitrogen and oxygen atoms in total. The molecular formula is C20H19BrCl2N2O4. The number of anilines is 2. The Morgan fingerprint density at radius 2 is 1.66 bits per heavy atom. The van der Waals surface area contributed by atoms with E-state index in [1.807, 2.05) is 0 Å². The van der Waals surface area contributed by atoms with Crippen molar-refractivity contribution in [1.82, 2.24) is 0 Å². The van der Waals surface area contributed by atoms with E-state index in [0.717, 1.165) is 4.47 Å². The number of benzene rings is 2. The highest BCUT2D eigenvalue weighted by atomic mass is 79.9. The van der Waals surface area contributed by atoms with Gasteiger partial charge in [-0.15, -0.1) is 0 Å². The van der Waals surface area contributed by atoms with Crippen LogP contribution in [0.15, 0.2) is 40.9 Å². The zero-order chi connectivity index (χ0) is 21.4. The zero-order valence-electron chi connectivity index (χ0n) is 15.6. The minimum Gasteiger partial charge on any atom is -0.456 e. The zero-order valence-corrected chi connectivity index (χ0v) is 18.7. The highest BCUT2D eigenvalue weighted by molar-refractivity contribution is 9.10. The van der Waals surface area contributed by atoms with Gasteiger partial charge in [-0.1, -0.05) is 23.2 Å². The van der Waals surface area contributed by atoms with E-state index in [9.17, 15) is 14.4 Å². The lowest BCUT2D eigenvalue weighted by Gasteiger charge is -2.11. The average molecular weight is 502 g/mol. The van der Waals surface area contributed by atoms with Gasteiger partial charge in [0, 0.05) is 33.7 Å². The molecule has 0 bridgehead atoms. The highest BCUT2D eigenvalue weighted by Crippen LogP contribution is 2.30. The Morgan fingerprint density at radius 3 is 2.34 bits per heavy atom. The number of ether oxygens (including phenoxy) is 1. The molecule has 0 aliphatic heterocycles. The Bertz CT molecular complexity index is 904. The van der Waals surface area contributed by atoms with E-state index in [1.165, 1.54) is 0 Å². The first-order valence-corrected chi connectivity index (χ1v) is 10.3. The monoisotopic (exact) mass is 500 g/mol. The van der Waals surface area contributed by atoms with E-state index in [1.54, 1.807) is 43.3 Å². The Balaban J connectivity index is 1.67. The molecule has 0 unspecified atom stereocenters. The molecule has 2 rings (SSSR count). The Hall–Kier alpha value is -2.09. The second kappa shape index (κ2) is 11.2. The van der Waals surface area contributed by atoms with Crippen molar-refractivity contribution in [3.63, 3.8) is 0 Å². The van der Waals surface area contributed by atoms with Crippen LogP contribution in [0.3, 0.4) is 0 Å². The van der Waals surface area contributed by atoms with Gasteiger partial charge in [-0.05, 0) is 71.2 Å². The van der Waals surface area contributed by atoms with Gasteiger partial charge in [0.1, 0.15) is 0 Å². The van der Waals surface area contributed by atoms with Crippen molar-refractivity contribution in [2.45, 2.75) is 26.2 Å². The second-order valence-corrected chi connectivity index (χ2v) is 7.82. The van der Waals surface area contributed by atoms with Crippen LogP contribution in [0.4, 0.5) is 11.4 Å². The van der Waals surface area contributed by atoms with Crippen LogP contribution in [-0.2, 0) is 19.1 Å². The quantitative estimate of drug-likeness (QED) is 0.477. The molecule has 9 heteroatoms. The van der Waals surface area contributed by atoms with Crippen molar-refractivity contribution in [2.75, 3.05) is 17.2 Å². The van der Waals surface area contributed by atoms with Gasteiger partial charge >= 0.3 is 5.97 Å². The number of carbonyl (C=O) groups is 3. The number of esters is 1. The van der Waals surface area contributed by atoms with E-state index in [2.05, 4.69) is 26.6 Å². The summed E-state index contributed by atoms with van der Waals surface area (Å²) >= 11 is 15.2. The van der Waals surface area contributed by atoms with E-state index < -0.39 is 18.5 Å². The molecule has 0 radical (unpaired) electrons. The third-order valence-electron chi connectivity index (χ3n) is 3.89. The number of hydrogen-bond acceptors (Lipinski definition) is 4. The van der Waals surface area contributed by atoms with E-state index in [4.69, 9.17) is 27.9 Å². The molecule has 0 aliphatic rings. The highest BCUT2D eigenvalue weighted by Gasteiger charge is 2.12. The first-order chi connectivity index (χ1) is 13.8. The minimum atomic E-state index is -0.551. The van der Waals surface area contributed by atoms with Gasteiger partial charge in [0.05, 0.1) is 5.02 Å². The van der Waals surface area contributed by atoms with E-state index in [0.29, 0.717) is 33.4 Å². The summed E-state index contributed by atoms with van der Waals surface area (Å²) in [5.74, 6) is -1.24. The second-order valence-electron chi connectivity index (χ2n) is 6.15. The van der Waals surface area contributed by atoms with E-state index >= 15 is 0 Å². The Morgan fingerprint density at radius 1 is 0.966 bits per heavy atom. The van der Waals surface area contributed by atoms with Crippen LogP contribution in [0.5, 0.6) is 0 Å². The molecule has 0 saturated carbocycles. The number of amides is 2. The molecule has 0 fully saturated rings. The van der Waals surface area contributed by atoms with Gasteiger partial charge in [-0.2, -0.15) is 0 Å². The maximum absolute atomic E-state index is 12.0. The van der Waals surface area contributed by atoms with Crippen LogP contribution >= 0.6 is 39.1 Å². The standard InChI is InChI=1S/C20H19BrCl2N2O4/c1-12-16(10-9-15(21)20(12)23)25-18(27)11-29-19(28)4-2-3-17(26)24-14-7-5-13(22)6-8-14/h5-10H,2-4,11H2,1H3,(H,24,26)(H,25,27). The topological polar surface area (TPSA) is 84.5 Å². The normalized spacial score (nSPS) is 10.3. The summed E-state index contributed by atoms with van der Waals surface area (Å²) in [6, 6.07) is 10.1. The van der Waals surface area contributed by atoms with Gasteiger partial charge < -0.3 is 15.4 Å². The third-order valence-corrected chi connectivity index (χ3v) is 5.52. The number of halogens is 3. The lowest BCUT2D eigenvalue weighted by atomic mass is 10.2. The van der Waals surface area contributed by atoms with Gasteiger partial charge in [-0.3, -0.25) is 14.4 Å². The number of carbonyl (C=O) groups excluding carboxylic acids is 3. The Kier molecular flexibility index (Phi) is 8.95. The predicted molar refractivity (Wildman–Crippen MR) is 117 cm³/mol. The lowest BCUT2D eigenvalue weighted by molar-refractivity contribution is -0.147. The Labute approximate surface area is 187 Å². The molecule has 29 heavy (non-hydrogen) atoms. The van der Waals surface area contributed by atoms with Crippen molar-refractivity contribution in [2.24, 2.45) is 0 Å². The van der Waals surface area contributed by atoms with Gasteiger partial charge in [0.15, 0.2) is 6.61 Å². The molecule has 0 heterocycles. The maximum Gasteiger partial charge on any atom is 0.306 e. The summed E-state index contributed by atoms with van der Waals surface area (Å²) in [5, 5.41) is 6.42. The fourth-order valence-electron chi connectivity index (χ4n) is 2.34. The maximum atomic E-state index is 12.0. The molecule has 0 atom stereocenters. The number of rotatable bonds is 8. The van der Waals surface area contributed by atoms with E-state index in [-0.39, 0.29) is 18.7 Å². The van der Waals surface area contributed by atoms with Crippen LogP contribution in [0.2, 0.25) is 10.0 Å². The average Bonchev–Trinajstić information content (AvgIpc) is 2.68. The molecule has 0 spiro atoms. The van der Waals surface area contributed by atoms with Crippen molar-refractivity contribution in [3.8, 4) is 0 Å². The van der Waals surface area contributed by atoms with Crippen LogP contribution in [-0.4, -0.2) is 24.4 Å². The fourth-order valence-corrected chi connectivity index (χ4v) is 3.06.